The number of phenolic OH excluding ortho intramolecular Hbond substituents is 1. The molecule has 0 unspecified atom stereocenters. The Kier molecular flexibility index (Phi) is 3.24. The van der Waals surface area contributed by atoms with Gasteiger partial charge in [0.2, 0.25) is 0 Å². The van der Waals surface area contributed by atoms with Crippen LogP contribution in [0.4, 0.5) is 0 Å². The van der Waals surface area contributed by atoms with Gasteiger partial charge in [-0.25, -0.2) is 9.97 Å². The van der Waals surface area contributed by atoms with Gasteiger partial charge in [0, 0.05) is 29.8 Å². The molecule has 4 rings (SSSR count). The van der Waals surface area contributed by atoms with Gasteiger partial charge in [0.15, 0.2) is 0 Å². The average Bonchev–Trinajstić information content (AvgIpc) is 2.94. The van der Waals surface area contributed by atoms with Crippen LogP contribution < -0.4 is 11.1 Å². The predicted molar refractivity (Wildman–Crippen MR) is 91.5 cm³/mol. The van der Waals surface area contributed by atoms with E-state index in [2.05, 4.69) is 15.1 Å². The van der Waals surface area contributed by atoms with Crippen molar-refractivity contribution in [3.8, 4) is 17.4 Å². The Morgan fingerprint density at radius 2 is 1.76 bits per heavy atom. The molecule has 8 heteroatoms. The zero-order valence-electron chi connectivity index (χ0n) is 13.2. The van der Waals surface area contributed by atoms with Crippen molar-refractivity contribution in [2.75, 3.05) is 0 Å². The minimum Gasteiger partial charge on any atom is -0.508 e. The second kappa shape index (κ2) is 5.45. The molecule has 124 valence electrons. The Labute approximate surface area is 140 Å². The molecule has 4 aromatic rings. The number of H-pyrrole nitrogens is 1. The van der Waals surface area contributed by atoms with Crippen LogP contribution in [0.2, 0.25) is 0 Å². The maximum atomic E-state index is 12.8. The summed E-state index contributed by atoms with van der Waals surface area (Å²) in [5.41, 5.74) is 0.828. The number of hydrogen-bond acceptors (Lipinski definition) is 5. The van der Waals surface area contributed by atoms with Crippen molar-refractivity contribution in [3.05, 3.63) is 75.2 Å². The first-order valence-electron chi connectivity index (χ1n) is 7.50. The lowest BCUT2D eigenvalue weighted by Gasteiger charge is -2.10. The van der Waals surface area contributed by atoms with E-state index in [9.17, 15) is 14.7 Å². The van der Waals surface area contributed by atoms with Gasteiger partial charge in [-0.3, -0.25) is 19.3 Å². The van der Waals surface area contributed by atoms with Crippen molar-refractivity contribution in [1.82, 2.24) is 24.3 Å². The van der Waals surface area contributed by atoms with Crippen molar-refractivity contribution >= 4 is 10.9 Å². The van der Waals surface area contributed by atoms with Crippen molar-refractivity contribution in [3.63, 3.8) is 0 Å². The highest BCUT2D eigenvalue weighted by molar-refractivity contribution is 5.81. The lowest BCUT2D eigenvalue weighted by Crippen LogP contribution is -2.22. The van der Waals surface area contributed by atoms with Gasteiger partial charge in [-0.2, -0.15) is 4.68 Å². The summed E-state index contributed by atoms with van der Waals surface area (Å²) in [6, 6.07) is 9.20. The Morgan fingerprint density at radius 3 is 2.44 bits per heavy atom. The van der Waals surface area contributed by atoms with E-state index in [1.165, 1.54) is 39.8 Å². The second-order valence-corrected chi connectivity index (χ2v) is 5.51. The number of hydrogen-bond donors (Lipinski definition) is 2. The van der Waals surface area contributed by atoms with Gasteiger partial charge in [0.05, 0.1) is 10.9 Å². The number of pyridine rings is 1. The zero-order chi connectivity index (χ0) is 17.6. The SMILES string of the molecule is Cc1c2c(=O)n(-c3ncccn3)[nH]c2cc(=O)n1-c1ccc(O)cc1. The summed E-state index contributed by atoms with van der Waals surface area (Å²) < 4.78 is 2.63. The summed E-state index contributed by atoms with van der Waals surface area (Å²) in [5.74, 6) is 0.299. The number of nitrogens with one attached hydrogen (secondary N) is 1. The molecule has 0 aliphatic heterocycles. The molecule has 0 aliphatic carbocycles. The van der Waals surface area contributed by atoms with E-state index < -0.39 is 0 Å². The van der Waals surface area contributed by atoms with Crippen LogP contribution in [0.3, 0.4) is 0 Å². The molecular formula is C17H13N5O3. The van der Waals surface area contributed by atoms with Crippen molar-refractivity contribution in [2.24, 2.45) is 0 Å². The van der Waals surface area contributed by atoms with Crippen molar-refractivity contribution < 1.29 is 5.11 Å². The smallest absolute Gasteiger partial charge is 0.283 e. The number of fused-ring (bicyclic) bond motifs is 1. The van der Waals surface area contributed by atoms with Crippen LogP contribution >= 0.6 is 0 Å². The largest absolute Gasteiger partial charge is 0.508 e. The molecule has 0 spiro atoms. The fourth-order valence-electron chi connectivity index (χ4n) is 2.84. The highest BCUT2D eigenvalue weighted by Crippen LogP contribution is 2.18. The number of aromatic nitrogens is 5. The Morgan fingerprint density at radius 1 is 1.08 bits per heavy atom. The maximum Gasteiger partial charge on any atom is 0.283 e. The van der Waals surface area contributed by atoms with Gasteiger partial charge in [0.1, 0.15) is 5.75 Å². The molecule has 0 radical (unpaired) electrons. The van der Waals surface area contributed by atoms with E-state index in [1.54, 1.807) is 25.1 Å². The monoisotopic (exact) mass is 335 g/mol. The summed E-state index contributed by atoms with van der Waals surface area (Å²) in [4.78, 5) is 33.4. The van der Waals surface area contributed by atoms with Gasteiger partial charge in [0.25, 0.3) is 17.1 Å². The predicted octanol–water partition coefficient (Wildman–Crippen LogP) is 1.27. The molecule has 0 saturated carbocycles. The fraction of sp³-hybridized carbons (Fsp3) is 0.0588. The minimum atomic E-state index is -0.341. The molecule has 1 aromatic carbocycles. The summed E-state index contributed by atoms with van der Waals surface area (Å²) in [6.45, 7) is 1.70. The van der Waals surface area contributed by atoms with E-state index in [4.69, 9.17) is 0 Å². The molecule has 3 aromatic heterocycles. The summed E-state index contributed by atoms with van der Waals surface area (Å²) >= 11 is 0. The molecule has 8 nitrogen and oxygen atoms in total. The highest BCUT2D eigenvalue weighted by atomic mass is 16.3. The van der Waals surface area contributed by atoms with Gasteiger partial charge >= 0.3 is 0 Å². The number of nitrogens with zero attached hydrogens (tertiary/aromatic N) is 4. The van der Waals surface area contributed by atoms with E-state index in [1.807, 2.05) is 0 Å². The molecule has 3 heterocycles. The first kappa shape index (κ1) is 14.9. The average molecular weight is 335 g/mol. The molecule has 0 amide bonds. The molecule has 0 bridgehead atoms. The van der Waals surface area contributed by atoms with E-state index in [0.717, 1.165) is 0 Å². The molecule has 0 atom stereocenters. The van der Waals surface area contributed by atoms with Crippen molar-refractivity contribution in [2.45, 2.75) is 6.92 Å². The first-order chi connectivity index (χ1) is 12.1. The van der Waals surface area contributed by atoms with Crippen LogP contribution in [-0.4, -0.2) is 29.4 Å². The standard InChI is InChI=1S/C17H13N5O3/c1-10-15-13(20-22(16(15)25)17-18-7-2-8-19-17)9-14(24)21(10)11-3-5-12(23)6-4-11/h2-9,20,23H,1H3. The molecule has 2 N–H and O–H groups in total. The third-order valence-electron chi connectivity index (χ3n) is 3.96. The number of aryl methyl sites for hydroxylation is 1. The molecule has 0 saturated heterocycles. The number of benzene rings is 1. The van der Waals surface area contributed by atoms with Crippen LogP contribution in [0, 0.1) is 6.92 Å². The number of phenols is 1. The summed E-state index contributed by atoms with van der Waals surface area (Å²) in [7, 11) is 0. The normalized spacial score (nSPS) is 11.1. The van der Waals surface area contributed by atoms with E-state index in [-0.39, 0.29) is 22.8 Å². The number of aromatic hydroxyl groups is 1. The van der Waals surface area contributed by atoms with Crippen LogP contribution in [0.1, 0.15) is 5.69 Å². The molecular weight excluding hydrogens is 322 g/mol. The van der Waals surface area contributed by atoms with Gasteiger partial charge < -0.3 is 5.11 Å². The van der Waals surface area contributed by atoms with Crippen LogP contribution in [0.5, 0.6) is 5.75 Å². The molecule has 25 heavy (non-hydrogen) atoms. The number of rotatable bonds is 2. The van der Waals surface area contributed by atoms with Crippen LogP contribution in [0.15, 0.2) is 58.4 Å². The Bertz CT molecular complexity index is 1190. The lowest BCUT2D eigenvalue weighted by molar-refractivity contribution is 0.475. The first-order valence-corrected chi connectivity index (χ1v) is 7.50. The Balaban J connectivity index is 2.03. The van der Waals surface area contributed by atoms with Gasteiger partial charge in [-0.15, -0.1) is 0 Å². The third-order valence-corrected chi connectivity index (χ3v) is 3.96. The number of aromatic amines is 1. The topological polar surface area (TPSA) is 106 Å². The lowest BCUT2D eigenvalue weighted by atomic mass is 10.2. The third kappa shape index (κ3) is 2.31. The zero-order valence-corrected chi connectivity index (χ0v) is 13.2. The van der Waals surface area contributed by atoms with Crippen LogP contribution in [-0.2, 0) is 0 Å². The van der Waals surface area contributed by atoms with Crippen LogP contribution in [0.25, 0.3) is 22.5 Å². The van der Waals surface area contributed by atoms with E-state index >= 15 is 0 Å². The molecule has 0 fully saturated rings. The molecule has 0 aliphatic rings. The maximum absolute atomic E-state index is 12.8. The van der Waals surface area contributed by atoms with Crippen molar-refractivity contribution in [1.29, 1.82) is 0 Å². The minimum absolute atomic E-state index is 0.0979. The Hall–Kier alpha value is -3.68. The second-order valence-electron chi connectivity index (χ2n) is 5.51. The van der Waals surface area contributed by atoms with Gasteiger partial charge in [-0.1, -0.05) is 0 Å². The highest BCUT2D eigenvalue weighted by Gasteiger charge is 2.16. The quantitative estimate of drug-likeness (QED) is 0.574. The summed E-state index contributed by atoms with van der Waals surface area (Å²) in [6.07, 6.45) is 3.06. The summed E-state index contributed by atoms with van der Waals surface area (Å²) in [5, 5.41) is 12.7. The van der Waals surface area contributed by atoms with E-state index in [0.29, 0.717) is 22.3 Å². The van der Waals surface area contributed by atoms with Gasteiger partial charge in [-0.05, 0) is 37.3 Å². The fourth-order valence-corrected chi connectivity index (χ4v) is 2.84.